The third-order valence-electron chi connectivity index (χ3n) is 6.25. The Kier molecular flexibility index (Phi) is 8.67. The van der Waals surface area contributed by atoms with E-state index in [0.717, 1.165) is 19.2 Å². The van der Waals surface area contributed by atoms with Gasteiger partial charge in [-0.15, -0.1) is 0 Å². The Morgan fingerprint density at radius 1 is 1.18 bits per heavy atom. The fourth-order valence-corrected chi connectivity index (χ4v) is 7.21. The number of nitrogens with zero attached hydrogens (tertiary/aromatic N) is 2. The van der Waals surface area contributed by atoms with E-state index in [1.807, 2.05) is 42.5 Å². The molecule has 0 saturated heterocycles. The highest BCUT2D eigenvalue weighted by atomic mass is 127. The van der Waals surface area contributed by atoms with Gasteiger partial charge in [0.15, 0.2) is 4.80 Å². The van der Waals surface area contributed by atoms with E-state index in [1.54, 1.807) is 32.1 Å². The average Bonchev–Trinajstić information content (AvgIpc) is 3.22. The van der Waals surface area contributed by atoms with Crippen LogP contribution >= 0.6 is 49.9 Å². The third-order valence-corrected chi connectivity index (χ3v) is 8.49. The molecule has 0 radical (unpaired) electrons. The summed E-state index contributed by atoms with van der Waals surface area (Å²) in [6, 6.07) is 18.6. The first-order chi connectivity index (χ1) is 19.3. The van der Waals surface area contributed by atoms with Gasteiger partial charge in [-0.3, -0.25) is 9.36 Å². The Balaban J connectivity index is 1.65. The smallest absolute Gasteiger partial charge is 0.338 e. The lowest BCUT2D eigenvalue weighted by molar-refractivity contribution is -0.139. The predicted octanol–water partition coefficient (Wildman–Crippen LogP) is 5.88. The molecule has 6 nitrogen and oxygen atoms in total. The van der Waals surface area contributed by atoms with Crippen LogP contribution in [0.25, 0.3) is 6.08 Å². The van der Waals surface area contributed by atoms with Crippen molar-refractivity contribution in [1.29, 1.82) is 0 Å². The summed E-state index contributed by atoms with van der Waals surface area (Å²) < 4.78 is 29.0. The van der Waals surface area contributed by atoms with E-state index in [4.69, 9.17) is 9.47 Å². The van der Waals surface area contributed by atoms with Crippen LogP contribution in [0.15, 0.2) is 92.3 Å². The number of thiazole rings is 1. The van der Waals surface area contributed by atoms with Crippen LogP contribution in [0.5, 0.6) is 5.75 Å². The highest BCUT2D eigenvalue weighted by Crippen LogP contribution is 2.32. The zero-order valence-electron chi connectivity index (χ0n) is 21.5. The SMILES string of the molecule is CCOC(=O)C1=C(C)N=c2s/c(=C\c3cc(Br)cc(I)c3OCc3ccccc3)c(=O)n2[C@H]1c1ccc(F)cc1. The Bertz CT molecular complexity index is 1800. The van der Waals surface area contributed by atoms with Crippen molar-refractivity contribution < 1.29 is 18.7 Å². The number of allylic oxidation sites excluding steroid dienone is 1. The van der Waals surface area contributed by atoms with Gasteiger partial charge < -0.3 is 9.47 Å². The number of hydrogen-bond donors (Lipinski definition) is 0. The van der Waals surface area contributed by atoms with Gasteiger partial charge in [0.1, 0.15) is 18.2 Å². The number of fused-ring (bicyclic) bond motifs is 1. The molecule has 204 valence electrons. The number of rotatable bonds is 7. The minimum Gasteiger partial charge on any atom is -0.487 e. The first-order valence-corrected chi connectivity index (χ1v) is 15.1. The molecule has 1 aromatic heterocycles. The van der Waals surface area contributed by atoms with Gasteiger partial charge in [-0.25, -0.2) is 14.2 Å². The summed E-state index contributed by atoms with van der Waals surface area (Å²) in [4.78, 5) is 32.0. The Morgan fingerprint density at radius 2 is 1.90 bits per heavy atom. The molecule has 0 unspecified atom stereocenters. The molecule has 0 bridgehead atoms. The van der Waals surface area contributed by atoms with Crippen LogP contribution in [0.1, 0.15) is 36.6 Å². The molecule has 1 atom stereocenters. The molecule has 0 N–H and O–H groups in total. The van der Waals surface area contributed by atoms with Crippen molar-refractivity contribution in [2.24, 2.45) is 4.99 Å². The van der Waals surface area contributed by atoms with Crippen molar-refractivity contribution in [3.8, 4) is 5.75 Å². The molecule has 1 aliphatic rings. The lowest BCUT2D eigenvalue weighted by Crippen LogP contribution is -2.39. The molecule has 10 heteroatoms. The van der Waals surface area contributed by atoms with Gasteiger partial charge in [0.2, 0.25) is 0 Å². The van der Waals surface area contributed by atoms with Crippen molar-refractivity contribution in [3.63, 3.8) is 0 Å². The van der Waals surface area contributed by atoms with Crippen LogP contribution in [0, 0.1) is 9.39 Å². The van der Waals surface area contributed by atoms with Gasteiger partial charge in [-0.05, 0) is 77.9 Å². The van der Waals surface area contributed by atoms with Crippen molar-refractivity contribution in [2.45, 2.75) is 26.5 Å². The predicted molar refractivity (Wildman–Crippen MR) is 164 cm³/mol. The highest BCUT2D eigenvalue weighted by Gasteiger charge is 2.33. The van der Waals surface area contributed by atoms with E-state index in [1.165, 1.54) is 28.0 Å². The molecule has 0 amide bonds. The van der Waals surface area contributed by atoms with Crippen LogP contribution in [0.2, 0.25) is 0 Å². The van der Waals surface area contributed by atoms with E-state index in [2.05, 4.69) is 43.5 Å². The number of benzene rings is 3. The second-order valence-corrected chi connectivity index (χ2v) is 12.0. The number of carbonyl (C=O) groups excluding carboxylic acids is 1. The maximum atomic E-state index is 13.9. The topological polar surface area (TPSA) is 69.9 Å². The van der Waals surface area contributed by atoms with E-state index in [9.17, 15) is 14.0 Å². The van der Waals surface area contributed by atoms with E-state index >= 15 is 0 Å². The minimum absolute atomic E-state index is 0.170. The second-order valence-electron chi connectivity index (χ2n) is 8.93. The number of ether oxygens (including phenoxy) is 2. The lowest BCUT2D eigenvalue weighted by atomic mass is 9.96. The van der Waals surface area contributed by atoms with Crippen molar-refractivity contribution in [1.82, 2.24) is 4.57 Å². The maximum Gasteiger partial charge on any atom is 0.338 e. The normalized spacial score (nSPS) is 15.0. The van der Waals surface area contributed by atoms with Crippen molar-refractivity contribution in [3.05, 3.63) is 128 Å². The molecule has 0 spiro atoms. The number of aromatic nitrogens is 1. The Labute approximate surface area is 255 Å². The first-order valence-electron chi connectivity index (χ1n) is 12.4. The number of esters is 1. The highest BCUT2D eigenvalue weighted by molar-refractivity contribution is 14.1. The third kappa shape index (κ3) is 5.84. The monoisotopic (exact) mass is 732 g/mol. The zero-order valence-corrected chi connectivity index (χ0v) is 26.0. The summed E-state index contributed by atoms with van der Waals surface area (Å²) in [5.41, 5.74) is 2.69. The molecule has 2 heterocycles. The van der Waals surface area contributed by atoms with Crippen LogP contribution in [0.3, 0.4) is 0 Å². The first kappa shape index (κ1) is 28.4. The summed E-state index contributed by atoms with van der Waals surface area (Å²) in [5.74, 6) is -0.329. The number of carbonyl (C=O) groups is 1. The molecular weight excluding hydrogens is 710 g/mol. The number of hydrogen-bond acceptors (Lipinski definition) is 6. The average molecular weight is 733 g/mol. The quantitative estimate of drug-likeness (QED) is 0.176. The van der Waals surface area contributed by atoms with Crippen LogP contribution in [-0.4, -0.2) is 17.1 Å². The Morgan fingerprint density at radius 3 is 2.60 bits per heavy atom. The lowest BCUT2D eigenvalue weighted by Gasteiger charge is -2.24. The number of halogens is 3. The maximum absolute atomic E-state index is 13.9. The minimum atomic E-state index is -0.811. The van der Waals surface area contributed by atoms with E-state index in [-0.39, 0.29) is 17.7 Å². The molecule has 0 aliphatic carbocycles. The van der Waals surface area contributed by atoms with Crippen LogP contribution < -0.4 is 19.6 Å². The molecule has 5 rings (SSSR count). The van der Waals surface area contributed by atoms with Gasteiger partial charge in [0.05, 0.1) is 32.0 Å². The van der Waals surface area contributed by atoms with Gasteiger partial charge in [-0.1, -0.05) is 69.7 Å². The van der Waals surface area contributed by atoms with Crippen molar-refractivity contribution >= 4 is 61.9 Å². The van der Waals surface area contributed by atoms with Gasteiger partial charge in [0, 0.05) is 10.0 Å². The molecular formula is C30H23BrFIN2O4S. The summed E-state index contributed by atoms with van der Waals surface area (Å²) in [6.07, 6.45) is 1.78. The summed E-state index contributed by atoms with van der Waals surface area (Å²) in [5, 5.41) is 0. The van der Waals surface area contributed by atoms with Crippen LogP contribution in [0.4, 0.5) is 4.39 Å². The van der Waals surface area contributed by atoms with Gasteiger partial charge in [0.25, 0.3) is 5.56 Å². The summed E-state index contributed by atoms with van der Waals surface area (Å²) in [7, 11) is 0. The summed E-state index contributed by atoms with van der Waals surface area (Å²) >= 11 is 6.99. The Hall–Kier alpha value is -3.09. The standard InChI is InChI=1S/C30H23BrFIN2O4S/c1-3-38-29(37)25-17(2)34-30-35(26(25)19-9-11-22(32)12-10-19)28(36)24(40-30)14-20-13-21(31)15-23(33)27(20)39-16-18-7-5-4-6-8-18/h4-15,26H,3,16H2,1-2H3/b24-14-/t26-/m0/s1. The molecule has 40 heavy (non-hydrogen) atoms. The molecule has 1 aliphatic heterocycles. The fraction of sp³-hybridized carbons (Fsp3) is 0.167. The summed E-state index contributed by atoms with van der Waals surface area (Å²) in [6.45, 7) is 3.97. The second kappa shape index (κ2) is 12.2. The van der Waals surface area contributed by atoms with E-state index < -0.39 is 17.8 Å². The van der Waals surface area contributed by atoms with Gasteiger partial charge in [-0.2, -0.15) is 0 Å². The van der Waals surface area contributed by atoms with Crippen molar-refractivity contribution in [2.75, 3.05) is 6.61 Å². The van der Waals surface area contributed by atoms with Gasteiger partial charge >= 0.3 is 5.97 Å². The zero-order chi connectivity index (χ0) is 28.4. The largest absolute Gasteiger partial charge is 0.487 e. The van der Waals surface area contributed by atoms with Crippen LogP contribution in [-0.2, 0) is 16.1 Å². The van der Waals surface area contributed by atoms with E-state index in [0.29, 0.717) is 33.0 Å². The molecule has 4 aromatic rings. The molecule has 0 saturated carbocycles. The fourth-order valence-electron chi connectivity index (χ4n) is 4.46. The molecule has 0 fully saturated rings. The molecule has 3 aromatic carbocycles.